The highest BCUT2D eigenvalue weighted by Crippen LogP contribution is 2.35. The lowest BCUT2D eigenvalue weighted by molar-refractivity contribution is -0.161. The molecule has 0 bridgehead atoms. The zero-order valence-corrected chi connectivity index (χ0v) is 27.1. The van der Waals surface area contributed by atoms with Gasteiger partial charge in [-0.25, -0.2) is 4.57 Å². The lowest BCUT2D eigenvalue weighted by atomic mass is 10.1. The van der Waals surface area contributed by atoms with Crippen molar-refractivity contribution in [2.75, 3.05) is 13.2 Å². The van der Waals surface area contributed by atoms with Crippen molar-refractivity contribution in [1.82, 2.24) is 0 Å². The number of ether oxygens (including phenoxy) is 2. The summed E-state index contributed by atoms with van der Waals surface area (Å²) in [7, 11) is -4.74. The van der Waals surface area contributed by atoms with Gasteiger partial charge in [0.1, 0.15) is 6.61 Å². The van der Waals surface area contributed by atoms with Gasteiger partial charge in [0, 0.05) is 12.8 Å². The predicted octanol–water partition coefficient (Wildman–Crippen LogP) is 9.12. The van der Waals surface area contributed by atoms with Gasteiger partial charge in [-0.1, -0.05) is 122 Å². The number of phosphoric ester groups is 1. The van der Waals surface area contributed by atoms with Crippen molar-refractivity contribution in [2.45, 2.75) is 168 Å². The van der Waals surface area contributed by atoms with Gasteiger partial charge in [0.2, 0.25) is 0 Å². The Labute approximate surface area is 250 Å². The molecule has 0 aliphatic heterocycles. The number of phosphoric acid groups is 1. The lowest BCUT2D eigenvalue weighted by Crippen LogP contribution is -2.29. The van der Waals surface area contributed by atoms with Gasteiger partial charge in [0.15, 0.2) is 6.10 Å². The predicted molar refractivity (Wildman–Crippen MR) is 166 cm³/mol. The minimum atomic E-state index is -4.74. The Bertz CT molecular complexity index is 691. The van der Waals surface area contributed by atoms with Crippen LogP contribution in [0.15, 0.2) is 12.2 Å². The molecule has 1 atom stereocenters. The van der Waals surface area contributed by atoms with Crippen LogP contribution in [-0.2, 0) is 28.2 Å². The van der Waals surface area contributed by atoms with Crippen LogP contribution in [0.2, 0.25) is 0 Å². The summed E-state index contributed by atoms with van der Waals surface area (Å²) in [5.74, 6) is -0.897. The molecule has 0 saturated carbocycles. The van der Waals surface area contributed by atoms with Crippen LogP contribution in [0.5, 0.6) is 0 Å². The average Bonchev–Trinajstić information content (AvgIpc) is 2.93. The van der Waals surface area contributed by atoms with Crippen LogP contribution in [0.4, 0.5) is 0 Å². The summed E-state index contributed by atoms with van der Waals surface area (Å²) in [6.07, 6.45) is 28.0. The first-order valence-electron chi connectivity index (χ1n) is 16.5. The highest BCUT2D eigenvalue weighted by atomic mass is 31.2. The molecule has 242 valence electrons. The van der Waals surface area contributed by atoms with Crippen molar-refractivity contribution in [2.24, 2.45) is 0 Å². The summed E-state index contributed by atoms with van der Waals surface area (Å²) >= 11 is 0. The number of unbranched alkanes of at least 4 members (excludes halogenated alkanes) is 18. The highest BCUT2D eigenvalue weighted by Gasteiger charge is 2.22. The van der Waals surface area contributed by atoms with Crippen molar-refractivity contribution in [3.05, 3.63) is 12.2 Å². The van der Waals surface area contributed by atoms with E-state index in [0.29, 0.717) is 6.42 Å². The fourth-order valence-electron chi connectivity index (χ4n) is 4.54. The van der Waals surface area contributed by atoms with Crippen LogP contribution in [0.3, 0.4) is 0 Å². The van der Waals surface area contributed by atoms with Crippen molar-refractivity contribution >= 4 is 19.8 Å². The lowest BCUT2D eigenvalue weighted by Gasteiger charge is -2.18. The number of carbonyl (C=O) groups excluding carboxylic acids is 2. The molecular formula is C32H61O8P. The van der Waals surface area contributed by atoms with E-state index < -0.39 is 32.5 Å². The molecule has 9 heteroatoms. The molecule has 0 rings (SSSR count). The molecule has 0 aliphatic carbocycles. The van der Waals surface area contributed by atoms with Gasteiger partial charge in [0.05, 0.1) is 6.61 Å². The molecule has 8 nitrogen and oxygen atoms in total. The maximum atomic E-state index is 12.3. The van der Waals surface area contributed by atoms with Gasteiger partial charge >= 0.3 is 19.8 Å². The van der Waals surface area contributed by atoms with E-state index in [1.165, 1.54) is 77.0 Å². The summed E-state index contributed by atoms with van der Waals surface area (Å²) < 4.78 is 26.1. The van der Waals surface area contributed by atoms with Gasteiger partial charge in [-0.2, -0.15) is 0 Å². The molecule has 0 heterocycles. The second kappa shape index (κ2) is 28.9. The largest absolute Gasteiger partial charge is 0.469 e. The van der Waals surface area contributed by atoms with E-state index >= 15 is 0 Å². The third-order valence-corrected chi connectivity index (χ3v) is 7.52. The number of hydrogen-bond acceptors (Lipinski definition) is 6. The molecule has 0 aromatic rings. The maximum Gasteiger partial charge on any atom is 0.469 e. The van der Waals surface area contributed by atoms with Crippen LogP contribution in [0.25, 0.3) is 0 Å². The van der Waals surface area contributed by atoms with E-state index in [1.54, 1.807) is 0 Å². The van der Waals surface area contributed by atoms with Crippen LogP contribution in [0, 0.1) is 0 Å². The van der Waals surface area contributed by atoms with E-state index in [0.717, 1.165) is 51.4 Å². The molecule has 0 saturated heterocycles. The molecule has 0 amide bonds. The first kappa shape index (κ1) is 39.8. The summed E-state index contributed by atoms with van der Waals surface area (Å²) in [5, 5.41) is 0. The van der Waals surface area contributed by atoms with Crippen LogP contribution in [-0.4, -0.2) is 41.0 Å². The smallest absolute Gasteiger partial charge is 0.462 e. The molecular weight excluding hydrogens is 543 g/mol. The fourth-order valence-corrected chi connectivity index (χ4v) is 4.90. The molecule has 0 radical (unpaired) electrons. The highest BCUT2D eigenvalue weighted by molar-refractivity contribution is 7.46. The van der Waals surface area contributed by atoms with Gasteiger partial charge in [-0.3, -0.25) is 14.1 Å². The minimum absolute atomic E-state index is 0.205. The molecule has 0 unspecified atom stereocenters. The van der Waals surface area contributed by atoms with Crippen molar-refractivity contribution in [3.63, 3.8) is 0 Å². The Morgan fingerprint density at radius 1 is 0.610 bits per heavy atom. The van der Waals surface area contributed by atoms with Crippen molar-refractivity contribution in [3.8, 4) is 0 Å². The molecule has 0 spiro atoms. The summed E-state index contributed by atoms with van der Waals surface area (Å²) in [6, 6.07) is 0. The molecule has 0 fully saturated rings. The standard InChI is InChI=1S/C32H61O8P/c1-3-5-7-9-11-13-14-15-16-17-18-19-21-23-25-27-32(34)40-30(29-39-41(35,36)37)28-38-31(33)26-24-22-20-12-10-8-6-4-2/h15-16,30H,3-14,17-29H2,1-2H3,(H2,35,36,37)/b16-15+/t30-/m0/s1. The number of allylic oxidation sites excluding steroid dienone is 2. The molecule has 2 N–H and O–H groups in total. The monoisotopic (exact) mass is 604 g/mol. The number of esters is 2. The molecule has 0 aromatic heterocycles. The zero-order valence-electron chi connectivity index (χ0n) is 26.2. The average molecular weight is 605 g/mol. The van der Waals surface area contributed by atoms with Crippen LogP contribution >= 0.6 is 7.82 Å². The summed E-state index contributed by atoms with van der Waals surface area (Å²) in [6.45, 7) is 3.61. The Hall–Kier alpha value is -1.21. The Morgan fingerprint density at radius 2 is 1.02 bits per heavy atom. The van der Waals surface area contributed by atoms with E-state index in [2.05, 4.69) is 30.5 Å². The van der Waals surface area contributed by atoms with E-state index in [9.17, 15) is 14.2 Å². The minimum Gasteiger partial charge on any atom is -0.462 e. The number of hydrogen-bond donors (Lipinski definition) is 2. The summed E-state index contributed by atoms with van der Waals surface area (Å²) in [5.41, 5.74) is 0. The topological polar surface area (TPSA) is 119 Å². The van der Waals surface area contributed by atoms with Crippen molar-refractivity contribution in [1.29, 1.82) is 0 Å². The molecule has 0 aromatic carbocycles. The first-order chi connectivity index (χ1) is 19.8. The quantitative estimate of drug-likeness (QED) is 0.0360. The molecule has 41 heavy (non-hydrogen) atoms. The summed E-state index contributed by atoms with van der Waals surface area (Å²) in [4.78, 5) is 42.4. The Morgan fingerprint density at radius 3 is 1.49 bits per heavy atom. The number of carbonyl (C=O) groups is 2. The van der Waals surface area contributed by atoms with Gasteiger partial charge in [-0.05, 0) is 38.5 Å². The normalized spacial score (nSPS) is 12.6. The van der Waals surface area contributed by atoms with Gasteiger partial charge < -0.3 is 19.3 Å². The van der Waals surface area contributed by atoms with E-state index in [4.69, 9.17) is 19.3 Å². The molecule has 0 aliphatic rings. The third-order valence-electron chi connectivity index (χ3n) is 7.03. The Balaban J connectivity index is 4.00. The van der Waals surface area contributed by atoms with Crippen LogP contribution in [0.1, 0.15) is 162 Å². The van der Waals surface area contributed by atoms with Crippen LogP contribution < -0.4 is 0 Å². The van der Waals surface area contributed by atoms with E-state index in [1.807, 2.05) is 0 Å². The second-order valence-corrected chi connectivity index (χ2v) is 12.4. The second-order valence-electron chi connectivity index (χ2n) is 11.1. The first-order valence-corrected chi connectivity index (χ1v) is 18.0. The Kier molecular flexibility index (Phi) is 28.0. The van der Waals surface area contributed by atoms with E-state index in [-0.39, 0.29) is 19.4 Å². The van der Waals surface area contributed by atoms with Crippen molar-refractivity contribution < 1.29 is 37.9 Å². The fraction of sp³-hybridized carbons (Fsp3) is 0.875. The maximum absolute atomic E-state index is 12.3. The number of rotatable bonds is 30. The zero-order chi connectivity index (χ0) is 30.4. The third kappa shape index (κ3) is 31.6. The van der Waals surface area contributed by atoms with Gasteiger partial charge in [0.25, 0.3) is 0 Å². The SMILES string of the molecule is CCCCCCCC/C=C/CCCCCCCC(=O)O[C@@H](COC(=O)CCCCCCCCCC)COP(=O)(O)O. The van der Waals surface area contributed by atoms with Gasteiger partial charge in [-0.15, -0.1) is 0 Å².